The highest BCUT2D eigenvalue weighted by Gasteiger charge is 2.21. The van der Waals surface area contributed by atoms with E-state index in [0.717, 1.165) is 23.5 Å². The number of sulfonamides is 1. The fourth-order valence-corrected chi connectivity index (χ4v) is 4.77. The second-order valence-electron chi connectivity index (χ2n) is 7.07. The average Bonchev–Trinajstić information content (AvgIpc) is 2.75. The summed E-state index contributed by atoms with van der Waals surface area (Å²) in [5.41, 5.74) is 2.47. The molecule has 0 bridgehead atoms. The summed E-state index contributed by atoms with van der Waals surface area (Å²) >= 11 is 6.08. The molecule has 0 saturated carbocycles. The molecule has 8 nitrogen and oxygen atoms in total. The molecule has 0 amide bonds. The molecule has 2 aromatic carbocycles. The highest BCUT2D eigenvalue weighted by molar-refractivity contribution is 7.92. The SMILES string of the molecule is Cc1c(Cl)cccc1S(=O)(=O)Nc1cncnc1OCc1ccc2c(c1)OCCN2C. The lowest BCUT2D eigenvalue weighted by atomic mass is 10.1. The minimum atomic E-state index is -3.91. The molecule has 4 rings (SSSR count). The summed E-state index contributed by atoms with van der Waals surface area (Å²) in [4.78, 5) is 10.2. The third kappa shape index (κ3) is 4.52. The number of halogens is 1. The van der Waals surface area contributed by atoms with Crippen molar-refractivity contribution >= 4 is 33.0 Å². The molecule has 0 saturated heterocycles. The highest BCUT2D eigenvalue weighted by Crippen LogP contribution is 2.32. The van der Waals surface area contributed by atoms with Crippen LogP contribution in [0, 0.1) is 6.92 Å². The maximum Gasteiger partial charge on any atom is 0.262 e. The van der Waals surface area contributed by atoms with E-state index in [9.17, 15) is 8.42 Å². The summed E-state index contributed by atoms with van der Waals surface area (Å²) in [5, 5.41) is 0.365. The molecule has 0 atom stereocenters. The molecule has 10 heteroatoms. The molecule has 0 fully saturated rings. The monoisotopic (exact) mass is 460 g/mol. The molecule has 1 aromatic heterocycles. The molecule has 1 aliphatic rings. The van der Waals surface area contributed by atoms with Gasteiger partial charge in [-0.15, -0.1) is 0 Å². The van der Waals surface area contributed by atoms with E-state index < -0.39 is 10.0 Å². The van der Waals surface area contributed by atoms with Gasteiger partial charge in [-0.1, -0.05) is 23.7 Å². The van der Waals surface area contributed by atoms with Crippen LogP contribution in [0.2, 0.25) is 5.02 Å². The summed E-state index contributed by atoms with van der Waals surface area (Å²) in [7, 11) is -1.90. The summed E-state index contributed by atoms with van der Waals surface area (Å²) in [6, 6.07) is 10.5. The van der Waals surface area contributed by atoms with Crippen LogP contribution in [0.4, 0.5) is 11.4 Å². The fourth-order valence-electron chi connectivity index (χ4n) is 3.23. The third-order valence-corrected chi connectivity index (χ3v) is 6.84. The van der Waals surface area contributed by atoms with Crippen molar-refractivity contribution < 1.29 is 17.9 Å². The lowest BCUT2D eigenvalue weighted by Crippen LogP contribution is -2.28. The number of fused-ring (bicyclic) bond motifs is 1. The zero-order valence-electron chi connectivity index (χ0n) is 17.0. The van der Waals surface area contributed by atoms with Gasteiger partial charge in [-0.05, 0) is 42.3 Å². The normalized spacial score (nSPS) is 13.3. The lowest BCUT2D eigenvalue weighted by molar-refractivity contribution is 0.290. The Bertz CT molecular complexity index is 1220. The van der Waals surface area contributed by atoms with Gasteiger partial charge in [-0.2, -0.15) is 4.98 Å². The van der Waals surface area contributed by atoms with E-state index in [1.807, 2.05) is 25.2 Å². The van der Waals surface area contributed by atoms with Crippen LogP contribution < -0.4 is 19.1 Å². The van der Waals surface area contributed by atoms with Crippen molar-refractivity contribution in [1.29, 1.82) is 0 Å². The van der Waals surface area contributed by atoms with E-state index in [0.29, 0.717) is 17.2 Å². The van der Waals surface area contributed by atoms with Gasteiger partial charge in [0.05, 0.1) is 23.3 Å². The Hall–Kier alpha value is -3.04. The molecule has 1 N–H and O–H groups in total. The Morgan fingerprint density at radius 3 is 2.97 bits per heavy atom. The maximum atomic E-state index is 12.9. The van der Waals surface area contributed by atoms with E-state index >= 15 is 0 Å². The molecule has 2 heterocycles. The van der Waals surface area contributed by atoms with Gasteiger partial charge in [0.15, 0.2) is 0 Å². The lowest BCUT2D eigenvalue weighted by Gasteiger charge is -2.28. The molecule has 31 heavy (non-hydrogen) atoms. The number of aromatic nitrogens is 2. The maximum absolute atomic E-state index is 12.9. The fraction of sp³-hybridized carbons (Fsp3) is 0.238. The molecule has 0 aliphatic carbocycles. The van der Waals surface area contributed by atoms with E-state index in [-0.39, 0.29) is 23.1 Å². The van der Waals surface area contributed by atoms with Crippen LogP contribution in [0.5, 0.6) is 11.6 Å². The van der Waals surface area contributed by atoms with Gasteiger partial charge in [0.2, 0.25) is 5.88 Å². The largest absolute Gasteiger partial charge is 0.490 e. The van der Waals surface area contributed by atoms with Gasteiger partial charge < -0.3 is 14.4 Å². The van der Waals surface area contributed by atoms with Gasteiger partial charge in [-0.25, -0.2) is 13.4 Å². The Balaban J connectivity index is 1.54. The van der Waals surface area contributed by atoms with Crippen molar-refractivity contribution in [3.8, 4) is 11.6 Å². The zero-order chi connectivity index (χ0) is 22.0. The predicted molar refractivity (Wildman–Crippen MR) is 119 cm³/mol. The number of likely N-dealkylation sites (N-methyl/N-ethyl adjacent to an activating group) is 1. The number of hydrogen-bond acceptors (Lipinski definition) is 7. The van der Waals surface area contributed by atoms with Gasteiger partial charge in [0.25, 0.3) is 10.0 Å². The van der Waals surface area contributed by atoms with Crippen LogP contribution in [0.1, 0.15) is 11.1 Å². The van der Waals surface area contributed by atoms with Crippen molar-refractivity contribution in [3.63, 3.8) is 0 Å². The van der Waals surface area contributed by atoms with Gasteiger partial charge in [0.1, 0.15) is 31.0 Å². The van der Waals surface area contributed by atoms with Crippen LogP contribution in [-0.4, -0.2) is 38.6 Å². The van der Waals surface area contributed by atoms with Crippen LogP contribution in [-0.2, 0) is 16.6 Å². The summed E-state index contributed by atoms with van der Waals surface area (Å²) in [5.74, 6) is 0.906. The molecular weight excluding hydrogens is 440 g/mol. The van der Waals surface area contributed by atoms with Crippen LogP contribution in [0.3, 0.4) is 0 Å². The summed E-state index contributed by atoms with van der Waals surface area (Å²) in [6.07, 6.45) is 2.65. The first-order chi connectivity index (χ1) is 14.8. The van der Waals surface area contributed by atoms with Crippen LogP contribution >= 0.6 is 11.6 Å². The van der Waals surface area contributed by atoms with E-state index in [2.05, 4.69) is 19.6 Å². The predicted octanol–water partition coefficient (Wildman–Crippen LogP) is 3.65. The molecule has 0 spiro atoms. The second-order valence-corrected chi connectivity index (χ2v) is 9.13. The number of nitrogens with one attached hydrogen (secondary N) is 1. The quantitative estimate of drug-likeness (QED) is 0.600. The van der Waals surface area contributed by atoms with Crippen molar-refractivity contribution in [1.82, 2.24) is 9.97 Å². The number of ether oxygens (including phenoxy) is 2. The average molecular weight is 461 g/mol. The summed E-state index contributed by atoms with van der Waals surface area (Å²) in [6.45, 7) is 3.28. The first kappa shape index (κ1) is 21.2. The summed E-state index contributed by atoms with van der Waals surface area (Å²) < 4.78 is 39.8. The van der Waals surface area contributed by atoms with Gasteiger partial charge in [0, 0.05) is 12.1 Å². The van der Waals surface area contributed by atoms with Crippen LogP contribution in [0.25, 0.3) is 0 Å². The Morgan fingerprint density at radius 1 is 1.29 bits per heavy atom. The number of anilines is 2. The Morgan fingerprint density at radius 2 is 2.13 bits per heavy atom. The minimum absolute atomic E-state index is 0.0748. The Kier molecular flexibility index (Phi) is 5.88. The minimum Gasteiger partial charge on any atom is -0.490 e. The van der Waals surface area contributed by atoms with Crippen molar-refractivity contribution in [2.75, 3.05) is 29.8 Å². The smallest absolute Gasteiger partial charge is 0.262 e. The number of benzene rings is 2. The number of nitrogens with zero attached hydrogens (tertiary/aromatic N) is 3. The van der Waals surface area contributed by atoms with Crippen molar-refractivity contribution in [2.45, 2.75) is 18.4 Å². The molecule has 1 aliphatic heterocycles. The first-order valence-electron chi connectivity index (χ1n) is 9.53. The Labute approximate surface area is 185 Å². The zero-order valence-corrected chi connectivity index (χ0v) is 18.6. The van der Waals surface area contributed by atoms with Crippen LogP contribution in [0.15, 0.2) is 53.8 Å². The molecular formula is C21H21ClN4O4S. The van der Waals surface area contributed by atoms with Gasteiger partial charge in [-0.3, -0.25) is 4.72 Å². The van der Waals surface area contributed by atoms with E-state index in [1.54, 1.807) is 19.1 Å². The number of hydrogen-bond donors (Lipinski definition) is 1. The standard InChI is InChI=1S/C21H21ClN4O4S/c1-14-16(22)4-3-5-20(14)31(27,28)25-17-11-23-13-24-21(17)30-12-15-6-7-18-19(10-15)29-9-8-26(18)2/h3-7,10-11,13,25H,8-9,12H2,1-2H3. The van der Waals surface area contributed by atoms with Crippen molar-refractivity contribution in [3.05, 3.63) is 65.1 Å². The third-order valence-electron chi connectivity index (χ3n) is 4.92. The van der Waals surface area contributed by atoms with E-state index in [4.69, 9.17) is 21.1 Å². The second kappa shape index (κ2) is 8.60. The van der Waals surface area contributed by atoms with Crippen molar-refractivity contribution in [2.24, 2.45) is 0 Å². The van der Waals surface area contributed by atoms with E-state index in [1.165, 1.54) is 18.6 Å². The molecule has 162 valence electrons. The first-order valence-corrected chi connectivity index (χ1v) is 11.4. The molecule has 0 radical (unpaired) electrons. The molecule has 3 aromatic rings. The van der Waals surface area contributed by atoms with Gasteiger partial charge >= 0.3 is 0 Å². The number of rotatable bonds is 6. The highest BCUT2D eigenvalue weighted by atomic mass is 35.5. The molecule has 0 unspecified atom stereocenters. The topological polar surface area (TPSA) is 93.7 Å².